The molecule has 0 fully saturated rings. The molecule has 18 heavy (non-hydrogen) atoms. The van der Waals surface area contributed by atoms with Crippen LogP contribution in [0.3, 0.4) is 0 Å². The van der Waals surface area contributed by atoms with E-state index in [1.54, 1.807) is 11.3 Å². The number of thiophene rings is 1. The molecule has 0 aliphatic rings. The Morgan fingerprint density at radius 1 is 1.33 bits per heavy atom. The second-order valence-corrected chi connectivity index (χ2v) is 7.70. The molecule has 0 bridgehead atoms. The minimum atomic E-state index is 0.231. The quantitative estimate of drug-likeness (QED) is 0.692. The molecular formula is C13H10BrClOS2. The van der Waals surface area contributed by atoms with Crippen LogP contribution in [0.4, 0.5) is 0 Å². The molecule has 94 valence electrons. The van der Waals surface area contributed by atoms with E-state index >= 15 is 0 Å². The number of Topliss-reactive ketones (excluding diaryl/α,β-unsaturated/α-hetero) is 1. The van der Waals surface area contributed by atoms with Gasteiger partial charge < -0.3 is 0 Å². The molecule has 0 atom stereocenters. The predicted octanol–water partition coefficient (Wildman–Crippen LogP) is 5.07. The fourth-order valence-corrected chi connectivity index (χ4v) is 3.99. The normalized spacial score (nSPS) is 10.6. The first kappa shape index (κ1) is 14.1. The Balaban J connectivity index is 1.85. The summed E-state index contributed by atoms with van der Waals surface area (Å²) in [4.78, 5) is 13.9. The van der Waals surface area contributed by atoms with Crippen LogP contribution in [0.5, 0.6) is 0 Å². The minimum absolute atomic E-state index is 0.231. The average Bonchev–Trinajstić information content (AvgIpc) is 2.72. The molecule has 2 aromatic rings. The summed E-state index contributed by atoms with van der Waals surface area (Å²) in [7, 11) is 0. The van der Waals surface area contributed by atoms with Crippen molar-refractivity contribution in [2.45, 2.75) is 11.3 Å². The van der Waals surface area contributed by atoms with Crippen LogP contribution < -0.4 is 0 Å². The summed E-state index contributed by atoms with van der Waals surface area (Å²) in [5, 5.41) is 0.703. The van der Waals surface area contributed by atoms with Gasteiger partial charge in [-0.1, -0.05) is 17.7 Å². The zero-order chi connectivity index (χ0) is 13.0. The molecule has 0 amide bonds. The van der Waals surface area contributed by atoms with Crippen molar-refractivity contribution in [1.82, 2.24) is 0 Å². The van der Waals surface area contributed by atoms with Gasteiger partial charge in [0.1, 0.15) is 5.78 Å². The van der Waals surface area contributed by atoms with Crippen molar-refractivity contribution >= 4 is 56.4 Å². The molecule has 0 saturated carbocycles. The largest absolute Gasteiger partial charge is 0.298 e. The molecule has 1 heterocycles. The highest BCUT2D eigenvalue weighted by Gasteiger charge is 2.07. The molecule has 0 unspecified atom stereocenters. The zero-order valence-electron chi connectivity index (χ0n) is 9.36. The van der Waals surface area contributed by atoms with Crippen molar-refractivity contribution in [3.63, 3.8) is 0 Å². The second-order valence-electron chi connectivity index (χ2n) is 3.67. The van der Waals surface area contributed by atoms with E-state index in [1.807, 2.05) is 36.4 Å². The first-order valence-corrected chi connectivity index (χ1v) is 8.25. The highest BCUT2D eigenvalue weighted by molar-refractivity contribution is 9.11. The summed E-state index contributed by atoms with van der Waals surface area (Å²) in [6.45, 7) is 0. The van der Waals surface area contributed by atoms with Gasteiger partial charge in [0.2, 0.25) is 0 Å². The number of halogens is 2. The number of thioether (sulfide) groups is 1. The molecule has 1 aromatic heterocycles. The zero-order valence-corrected chi connectivity index (χ0v) is 13.3. The van der Waals surface area contributed by atoms with Gasteiger partial charge in [-0.2, -0.15) is 0 Å². The molecule has 1 aromatic carbocycles. The number of hydrogen-bond acceptors (Lipinski definition) is 3. The SMILES string of the molecule is O=C(CSc1cccc(Cl)c1)Cc1ccc(Br)s1. The van der Waals surface area contributed by atoms with Crippen LogP contribution in [0.15, 0.2) is 45.1 Å². The summed E-state index contributed by atoms with van der Waals surface area (Å²) in [6.07, 6.45) is 0.504. The van der Waals surface area contributed by atoms with E-state index in [2.05, 4.69) is 15.9 Å². The van der Waals surface area contributed by atoms with Crippen LogP contribution in [0.1, 0.15) is 4.88 Å². The highest BCUT2D eigenvalue weighted by Crippen LogP contribution is 2.24. The molecule has 0 aliphatic carbocycles. The Kier molecular flexibility index (Phi) is 5.30. The van der Waals surface area contributed by atoms with Gasteiger partial charge in [-0.15, -0.1) is 23.1 Å². The van der Waals surface area contributed by atoms with Crippen LogP contribution in [-0.4, -0.2) is 11.5 Å². The smallest absolute Gasteiger partial charge is 0.148 e. The third kappa shape index (κ3) is 4.43. The van der Waals surface area contributed by atoms with Crippen LogP contribution >= 0.6 is 50.6 Å². The molecule has 0 spiro atoms. The van der Waals surface area contributed by atoms with Gasteiger partial charge in [0, 0.05) is 21.2 Å². The summed E-state index contributed by atoms with van der Waals surface area (Å²) in [6, 6.07) is 11.5. The maximum Gasteiger partial charge on any atom is 0.148 e. The van der Waals surface area contributed by atoms with E-state index < -0.39 is 0 Å². The molecule has 2 rings (SSSR count). The van der Waals surface area contributed by atoms with E-state index in [4.69, 9.17) is 11.6 Å². The van der Waals surface area contributed by atoms with Gasteiger partial charge in [-0.25, -0.2) is 0 Å². The number of carbonyl (C=O) groups excluding carboxylic acids is 1. The number of benzene rings is 1. The van der Waals surface area contributed by atoms with Crippen molar-refractivity contribution < 1.29 is 4.79 Å². The fraction of sp³-hybridized carbons (Fsp3) is 0.154. The maximum absolute atomic E-state index is 11.8. The van der Waals surface area contributed by atoms with E-state index in [1.165, 1.54) is 11.8 Å². The molecule has 0 saturated heterocycles. The van der Waals surface area contributed by atoms with Crippen LogP contribution in [0.25, 0.3) is 0 Å². The van der Waals surface area contributed by atoms with Crippen molar-refractivity contribution in [1.29, 1.82) is 0 Å². The minimum Gasteiger partial charge on any atom is -0.298 e. The van der Waals surface area contributed by atoms with Crippen molar-refractivity contribution in [2.24, 2.45) is 0 Å². The van der Waals surface area contributed by atoms with Crippen LogP contribution in [0, 0.1) is 0 Å². The third-order valence-corrected chi connectivity index (χ3v) is 5.11. The van der Waals surface area contributed by atoms with Crippen LogP contribution in [0.2, 0.25) is 5.02 Å². The van der Waals surface area contributed by atoms with Gasteiger partial charge in [-0.3, -0.25) is 4.79 Å². The first-order valence-electron chi connectivity index (χ1n) is 5.28. The predicted molar refractivity (Wildman–Crippen MR) is 82.9 cm³/mol. The van der Waals surface area contributed by atoms with Gasteiger partial charge in [0.15, 0.2) is 0 Å². The number of carbonyl (C=O) groups is 1. The number of ketones is 1. The Morgan fingerprint density at radius 3 is 2.83 bits per heavy atom. The van der Waals surface area contributed by atoms with Crippen molar-refractivity contribution in [2.75, 3.05) is 5.75 Å². The molecule has 0 aliphatic heterocycles. The Morgan fingerprint density at radius 2 is 2.17 bits per heavy atom. The second kappa shape index (κ2) is 6.75. The first-order chi connectivity index (χ1) is 8.63. The number of hydrogen-bond donors (Lipinski definition) is 0. The summed E-state index contributed by atoms with van der Waals surface area (Å²) >= 11 is 12.4. The lowest BCUT2D eigenvalue weighted by Gasteiger charge is -2.01. The van der Waals surface area contributed by atoms with Crippen molar-refractivity contribution in [3.05, 3.63) is 50.1 Å². The van der Waals surface area contributed by atoms with Gasteiger partial charge in [-0.05, 0) is 46.3 Å². The Hall–Kier alpha value is -0.290. The van der Waals surface area contributed by atoms with E-state index in [9.17, 15) is 4.79 Å². The summed E-state index contributed by atoms with van der Waals surface area (Å²) < 4.78 is 1.06. The standard InChI is InChI=1S/C13H10BrClOS2/c14-13-5-4-12(18-13)7-10(16)8-17-11-3-1-2-9(15)6-11/h1-6H,7-8H2. The summed E-state index contributed by atoms with van der Waals surface area (Å²) in [5.41, 5.74) is 0. The number of rotatable bonds is 5. The molecule has 0 N–H and O–H groups in total. The topological polar surface area (TPSA) is 17.1 Å². The molecule has 5 heteroatoms. The van der Waals surface area contributed by atoms with E-state index in [0.717, 1.165) is 13.6 Å². The lowest BCUT2D eigenvalue weighted by atomic mass is 10.3. The molecular weight excluding hydrogens is 352 g/mol. The molecule has 0 radical (unpaired) electrons. The van der Waals surface area contributed by atoms with E-state index in [0.29, 0.717) is 17.2 Å². The van der Waals surface area contributed by atoms with Crippen molar-refractivity contribution in [3.8, 4) is 0 Å². The Bertz CT molecular complexity index is 553. The highest BCUT2D eigenvalue weighted by atomic mass is 79.9. The van der Waals surface area contributed by atoms with Gasteiger partial charge >= 0.3 is 0 Å². The maximum atomic E-state index is 11.8. The van der Waals surface area contributed by atoms with Gasteiger partial charge in [0.25, 0.3) is 0 Å². The average molecular weight is 362 g/mol. The molecule has 1 nitrogen and oxygen atoms in total. The lowest BCUT2D eigenvalue weighted by Crippen LogP contribution is -2.04. The van der Waals surface area contributed by atoms with E-state index in [-0.39, 0.29) is 5.78 Å². The summed E-state index contributed by atoms with van der Waals surface area (Å²) in [5.74, 6) is 0.713. The fourth-order valence-electron chi connectivity index (χ4n) is 1.41. The monoisotopic (exact) mass is 360 g/mol. The van der Waals surface area contributed by atoms with Gasteiger partial charge in [0.05, 0.1) is 9.54 Å². The lowest BCUT2D eigenvalue weighted by molar-refractivity contribution is -0.115. The van der Waals surface area contributed by atoms with Crippen LogP contribution in [-0.2, 0) is 11.2 Å². The third-order valence-electron chi connectivity index (χ3n) is 2.20. The Labute approximate surface area is 128 Å².